The van der Waals surface area contributed by atoms with Crippen LogP contribution >= 0.6 is 0 Å². The Balaban J connectivity index is 1.93. The molecule has 0 bridgehead atoms. The fourth-order valence-electron chi connectivity index (χ4n) is 2.54. The number of aliphatic hydroxyl groups is 1. The number of aliphatic hydroxyl groups excluding tert-OH is 1. The van der Waals surface area contributed by atoms with Gasteiger partial charge in [0.05, 0.1) is 0 Å². The van der Waals surface area contributed by atoms with E-state index in [1.165, 1.54) is 0 Å². The smallest absolute Gasteiger partial charge is 0.340 e. The Labute approximate surface area is 141 Å². The SMILES string of the molecule is Cc1cc(C)c(NC(=O)COC(=O)[C@H](O)c2ccccc2)c(C)c1. The van der Waals surface area contributed by atoms with E-state index in [9.17, 15) is 14.7 Å². The molecule has 1 amide bonds. The number of esters is 1. The first-order valence-electron chi connectivity index (χ1n) is 7.66. The molecule has 24 heavy (non-hydrogen) atoms. The van der Waals surface area contributed by atoms with Gasteiger partial charge in [-0.3, -0.25) is 4.79 Å². The van der Waals surface area contributed by atoms with Gasteiger partial charge in [0, 0.05) is 5.69 Å². The van der Waals surface area contributed by atoms with E-state index in [0.717, 1.165) is 16.7 Å². The van der Waals surface area contributed by atoms with E-state index in [2.05, 4.69) is 5.32 Å². The number of benzene rings is 2. The fraction of sp³-hybridized carbons (Fsp3) is 0.263. The van der Waals surface area contributed by atoms with Gasteiger partial charge in [0.2, 0.25) is 0 Å². The number of hydrogen-bond acceptors (Lipinski definition) is 4. The Hall–Kier alpha value is -2.66. The minimum atomic E-state index is -1.40. The molecule has 0 heterocycles. The Kier molecular flexibility index (Phi) is 5.71. The van der Waals surface area contributed by atoms with Crippen LogP contribution in [0, 0.1) is 20.8 Å². The molecule has 2 aromatic carbocycles. The summed E-state index contributed by atoms with van der Waals surface area (Å²) in [5.74, 6) is -1.30. The number of carbonyl (C=O) groups is 2. The number of anilines is 1. The van der Waals surface area contributed by atoms with Crippen LogP contribution in [0.4, 0.5) is 5.69 Å². The standard InChI is InChI=1S/C19H21NO4/c1-12-9-13(2)17(14(3)10-12)20-16(21)11-24-19(23)18(22)15-7-5-4-6-8-15/h4-10,18,22H,11H2,1-3H3,(H,20,21)/t18-/m1/s1. The summed E-state index contributed by atoms with van der Waals surface area (Å²) in [6.07, 6.45) is -1.40. The maximum atomic E-state index is 12.0. The summed E-state index contributed by atoms with van der Waals surface area (Å²) in [7, 11) is 0. The average molecular weight is 327 g/mol. The Morgan fingerprint density at radius 2 is 1.67 bits per heavy atom. The van der Waals surface area contributed by atoms with Crippen molar-refractivity contribution in [2.75, 3.05) is 11.9 Å². The average Bonchev–Trinajstić information content (AvgIpc) is 2.56. The van der Waals surface area contributed by atoms with Crippen LogP contribution in [0.5, 0.6) is 0 Å². The van der Waals surface area contributed by atoms with Crippen LogP contribution in [0.1, 0.15) is 28.4 Å². The maximum Gasteiger partial charge on any atom is 0.340 e. The van der Waals surface area contributed by atoms with Gasteiger partial charge in [0.1, 0.15) is 0 Å². The van der Waals surface area contributed by atoms with Crippen molar-refractivity contribution in [2.45, 2.75) is 26.9 Å². The molecular formula is C19H21NO4. The van der Waals surface area contributed by atoms with Crippen LogP contribution in [-0.2, 0) is 14.3 Å². The van der Waals surface area contributed by atoms with Gasteiger partial charge in [0.15, 0.2) is 12.7 Å². The van der Waals surface area contributed by atoms with E-state index in [-0.39, 0.29) is 0 Å². The molecule has 0 fully saturated rings. The maximum absolute atomic E-state index is 12.0. The zero-order chi connectivity index (χ0) is 17.7. The van der Waals surface area contributed by atoms with E-state index in [4.69, 9.17) is 4.74 Å². The van der Waals surface area contributed by atoms with Crippen molar-refractivity contribution < 1.29 is 19.4 Å². The normalized spacial score (nSPS) is 11.7. The second-order valence-electron chi connectivity index (χ2n) is 5.74. The molecule has 0 radical (unpaired) electrons. The van der Waals surface area contributed by atoms with E-state index >= 15 is 0 Å². The van der Waals surface area contributed by atoms with Gasteiger partial charge in [-0.05, 0) is 37.5 Å². The van der Waals surface area contributed by atoms with Gasteiger partial charge < -0.3 is 15.2 Å². The largest absolute Gasteiger partial charge is 0.453 e. The number of nitrogens with one attached hydrogen (secondary N) is 1. The molecule has 1 atom stereocenters. The van der Waals surface area contributed by atoms with Gasteiger partial charge in [-0.2, -0.15) is 0 Å². The van der Waals surface area contributed by atoms with Crippen LogP contribution in [-0.4, -0.2) is 23.6 Å². The zero-order valence-electron chi connectivity index (χ0n) is 14.0. The van der Waals surface area contributed by atoms with Gasteiger partial charge in [-0.25, -0.2) is 4.79 Å². The summed E-state index contributed by atoms with van der Waals surface area (Å²) < 4.78 is 4.89. The highest BCUT2D eigenvalue weighted by Gasteiger charge is 2.20. The van der Waals surface area contributed by atoms with Crippen molar-refractivity contribution in [3.63, 3.8) is 0 Å². The molecule has 2 rings (SSSR count). The minimum absolute atomic E-state index is 0.424. The fourth-order valence-corrected chi connectivity index (χ4v) is 2.54. The lowest BCUT2D eigenvalue weighted by Crippen LogP contribution is -2.24. The molecule has 0 spiro atoms. The molecule has 5 heteroatoms. The zero-order valence-corrected chi connectivity index (χ0v) is 14.0. The number of hydrogen-bond donors (Lipinski definition) is 2. The topological polar surface area (TPSA) is 75.6 Å². The summed E-state index contributed by atoms with van der Waals surface area (Å²) >= 11 is 0. The van der Waals surface area contributed by atoms with Crippen LogP contribution in [0.25, 0.3) is 0 Å². The third-order valence-corrected chi connectivity index (χ3v) is 3.63. The summed E-state index contributed by atoms with van der Waals surface area (Å²) in [4.78, 5) is 23.8. The lowest BCUT2D eigenvalue weighted by atomic mass is 10.1. The number of aryl methyl sites for hydroxylation is 3. The minimum Gasteiger partial charge on any atom is -0.453 e. The predicted octanol–water partition coefficient (Wildman–Crippen LogP) is 2.83. The van der Waals surface area contributed by atoms with Crippen molar-refractivity contribution in [3.05, 3.63) is 64.7 Å². The van der Waals surface area contributed by atoms with E-state index in [1.54, 1.807) is 30.3 Å². The Bertz CT molecular complexity index is 717. The second kappa shape index (κ2) is 7.75. The number of amides is 1. The van der Waals surface area contributed by atoms with Crippen LogP contribution in [0.3, 0.4) is 0 Å². The summed E-state index contributed by atoms with van der Waals surface area (Å²) in [6, 6.07) is 12.4. The summed E-state index contributed by atoms with van der Waals surface area (Å²) in [5, 5.41) is 12.6. The molecule has 0 saturated heterocycles. The van der Waals surface area contributed by atoms with Crippen molar-refractivity contribution in [1.29, 1.82) is 0 Å². The summed E-state index contributed by atoms with van der Waals surface area (Å²) in [5.41, 5.74) is 4.13. The number of rotatable bonds is 5. The van der Waals surface area contributed by atoms with Crippen molar-refractivity contribution in [3.8, 4) is 0 Å². The Morgan fingerprint density at radius 1 is 1.08 bits per heavy atom. The third-order valence-electron chi connectivity index (χ3n) is 3.63. The molecule has 0 aromatic heterocycles. The molecule has 0 aliphatic carbocycles. The molecule has 0 aliphatic rings. The third kappa shape index (κ3) is 4.43. The predicted molar refractivity (Wildman–Crippen MR) is 91.6 cm³/mol. The molecule has 0 unspecified atom stereocenters. The van der Waals surface area contributed by atoms with Crippen LogP contribution in [0.15, 0.2) is 42.5 Å². The van der Waals surface area contributed by atoms with E-state index in [0.29, 0.717) is 11.3 Å². The molecule has 2 aromatic rings. The highest BCUT2D eigenvalue weighted by atomic mass is 16.5. The highest BCUT2D eigenvalue weighted by Crippen LogP contribution is 2.22. The first-order chi connectivity index (χ1) is 11.4. The number of carbonyl (C=O) groups excluding carboxylic acids is 2. The first-order valence-corrected chi connectivity index (χ1v) is 7.66. The Morgan fingerprint density at radius 3 is 2.25 bits per heavy atom. The van der Waals surface area contributed by atoms with Gasteiger partial charge in [-0.1, -0.05) is 48.0 Å². The van der Waals surface area contributed by atoms with E-state index < -0.39 is 24.6 Å². The van der Waals surface area contributed by atoms with Gasteiger partial charge >= 0.3 is 5.97 Å². The highest BCUT2D eigenvalue weighted by molar-refractivity contribution is 5.94. The van der Waals surface area contributed by atoms with Crippen molar-refractivity contribution in [2.24, 2.45) is 0 Å². The molecule has 0 aliphatic heterocycles. The molecular weight excluding hydrogens is 306 g/mol. The summed E-state index contributed by atoms with van der Waals surface area (Å²) in [6.45, 7) is 5.34. The molecule has 0 saturated carbocycles. The second-order valence-corrected chi connectivity index (χ2v) is 5.74. The van der Waals surface area contributed by atoms with Crippen LogP contribution in [0.2, 0.25) is 0 Å². The lowest BCUT2D eigenvalue weighted by molar-refractivity contribution is -0.156. The molecule has 126 valence electrons. The molecule has 2 N–H and O–H groups in total. The van der Waals surface area contributed by atoms with Crippen LogP contribution < -0.4 is 5.32 Å². The van der Waals surface area contributed by atoms with Gasteiger partial charge in [-0.15, -0.1) is 0 Å². The van der Waals surface area contributed by atoms with Crippen molar-refractivity contribution >= 4 is 17.6 Å². The van der Waals surface area contributed by atoms with E-state index in [1.807, 2.05) is 32.9 Å². The first kappa shape index (κ1) is 17.7. The monoisotopic (exact) mass is 327 g/mol. The molecule has 5 nitrogen and oxygen atoms in total. The van der Waals surface area contributed by atoms with Gasteiger partial charge in [0.25, 0.3) is 5.91 Å². The lowest BCUT2D eigenvalue weighted by Gasteiger charge is -2.14. The quantitative estimate of drug-likeness (QED) is 0.828. The van der Waals surface area contributed by atoms with Crippen molar-refractivity contribution in [1.82, 2.24) is 0 Å². The number of ether oxygens (including phenoxy) is 1.